The first kappa shape index (κ1) is 18.3. The molecule has 2 aromatic heterocycles. The van der Waals surface area contributed by atoms with Gasteiger partial charge in [-0.25, -0.2) is 4.68 Å². The summed E-state index contributed by atoms with van der Waals surface area (Å²) < 4.78 is 12.2. The summed E-state index contributed by atoms with van der Waals surface area (Å²) in [4.78, 5) is 15.7. The molecule has 0 atom stereocenters. The van der Waals surface area contributed by atoms with Crippen LogP contribution in [0.1, 0.15) is 13.8 Å². The Morgan fingerprint density at radius 3 is 2.85 bits per heavy atom. The number of pyridine rings is 1. The molecule has 0 amide bonds. The third-order valence-electron chi connectivity index (χ3n) is 3.71. The van der Waals surface area contributed by atoms with E-state index < -0.39 is 0 Å². The Morgan fingerprint density at radius 2 is 2.12 bits per heavy atom. The van der Waals surface area contributed by atoms with Crippen molar-refractivity contribution in [1.29, 1.82) is 0 Å². The van der Waals surface area contributed by atoms with Gasteiger partial charge in [0.05, 0.1) is 12.1 Å². The van der Waals surface area contributed by atoms with Gasteiger partial charge in [-0.2, -0.15) is 0 Å². The van der Waals surface area contributed by atoms with Crippen molar-refractivity contribution in [1.82, 2.24) is 14.8 Å². The van der Waals surface area contributed by atoms with E-state index in [1.807, 2.05) is 19.9 Å². The highest BCUT2D eigenvalue weighted by molar-refractivity contribution is 6.36. The minimum absolute atomic E-state index is 0.145. The van der Waals surface area contributed by atoms with Gasteiger partial charge >= 0.3 is 0 Å². The van der Waals surface area contributed by atoms with E-state index in [1.54, 1.807) is 30.1 Å². The summed E-state index contributed by atoms with van der Waals surface area (Å²) >= 11 is 6.45. The van der Waals surface area contributed by atoms with Gasteiger partial charge in [-0.15, -0.1) is 5.10 Å². The second-order valence-corrected chi connectivity index (χ2v) is 6.48. The van der Waals surface area contributed by atoms with Gasteiger partial charge in [-0.05, 0) is 26.0 Å². The van der Waals surface area contributed by atoms with E-state index >= 15 is 0 Å². The Morgan fingerprint density at radius 1 is 1.31 bits per heavy atom. The molecular weight excluding hydrogens is 356 g/mol. The van der Waals surface area contributed by atoms with Crippen molar-refractivity contribution in [2.24, 2.45) is 0 Å². The van der Waals surface area contributed by atoms with Crippen LogP contribution >= 0.6 is 11.6 Å². The number of ether oxygens (including phenoxy) is 2. The van der Waals surface area contributed by atoms with E-state index in [9.17, 15) is 4.79 Å². The number of rotatable bonds is 7. The zero-order chi connectivity index (χ0) is 18.7. The van der Waals surface area contributed by atoms with Crippen molar-refractivity contribution in [3.05, 3.63) is 45.7 Å². The molecule has 0 spiro atoms. The molecule has 0 saturated carbocycles. The summed E-state index contributed by atoms with van der Waals surface area (Å²) in [7, 11) is 1.60. The Hall–Kier alpha value is -2.51. The number of nitrogens with one attached hydrogen (secondary N) is 2. The summed E-state index contributed by atoms with van der Waals surface area (Å²) in [5, 5.41) is 8.48. The lowest BCUT2D eigenvalue weighted by molar-refractivity contribution is 0.146. The number of nitrogens with zero attached hydrogens (tertiary/aromatic N) is 2. The lowest BCUT2D eigenvalue weighted by atomic mass is 10.2. The maximum absolute atomic E-state index is 12.5. The van der Waals surface area contributed by atoms with E-state index in [-0.39, 0.29) is 11.5 Å². The molecule has 2 N–H and O–H groups in total. The van der Waals surface area contributed by atoms with Crippen molar-refractivity contribution in [3.63, 3.8) is 0 Å². The zero-order valence-corrected chi connectivity index (χ0v) is 15.6. The van der Waals surface area contributed by atoms with Crippen LogP contribution in [0.4, 0.5) is 5.82 Å². The molecule has 138 valence electrons. The molecule has 7 nitrogen and oxygen atoms in total. The molecule has 8 heteroatoms. The molecule has 1 aromatic carbocycles. The number of anilines is 1. The number of aromatic amines is 1. The van der Waals surface area contributed by atoms with Gasteiger partial charge in [0.1, 0.15) is 29.0 Å². The van der Waals surface area contributed by atoms with Crippen LogP contribution in [0.3, 0.4) is 0 Å². The molecule has 0 aliphatic carbocycles. The highest BCUT2D eigenvalue weighted by Crippen LogP contribution is 2.30. The minimum atomic E-state index is -0.145. The molecule has 0 unspecified atom stereocenters. The smallest absolute Gasteiger partial charge is 0.191 e. The van der Waals surface area contributed by atoms with Gasteiger partial charge in [-0.1, -0.05) is 11.6 Å². The van der Waals surface area contributed by atoms with Crippen molar-refractivity contribution in [2.45, 2.75) is 19.9 Å². The van der Waals surface area contributed by atoms with Crippen molar-refractivity contribution in [3.8, 4) is 11.6 Å². The first-order valence-electron chi connectivity index (χ1n) is 8.29. The maximum Gasteiger partial charge on any atom is 0.191 e. The van der Waals surface area contributed by atoms with Crippen LogP contribution in [0.2, 0.25) is 5.02 Å². The number of methoxy groups -OCH3 is 1. The van der Waals surface area contributed by atoms with E-state index in [2.05, 4.69) is 15.4 Å². The monoisotopic (exact) mass is 376 g/mol. The Bertz CT molecular complexity index is 965. The van der Waals surface area contributed by atoms with Crippen LogP contribution in [0.25, 0.3) is 16.7 Å². The van der Waals surface area contributed by atoms with Crippen molar-refractivity contribution < 1.29 is 9.47 Å². The van der Waals surface area contributed by atoms with E-state index in [4.69, 9.17) is 21.1 Å². The molecule has 3 rings (SSSR count). The van der Waals surface area contributed by atoms with Gasteiger partial charge in [0, 0.05) is 36.9 Å². The average molecular weight is 377 g/mol. The predicted molar refractivity (Wildman–Crippen MR) is 103 cm³/mol. The summed E-state index contributed by atoms with van der Waals surface area (Å²) in [5.74, 6) is 1.74. The number of halogens is 1. The van der Waals surface area contributed by atoms with Gasteiger partial charge in [0.2, 0.25) is 0 Å². The van der Waals surface area contributed by atoms with E-state index in [0.717, 1.165) is 5.82 Å². The summed E-state index contributed by atoms with van der Waals surface area (Å²) in [6, 6.07) is 6.98. The number of hydrogen-bond acceptors (Lipinski definition) is 5. The van der Waals surface area contributed by atoms with Gasteiger partial charge < -0.3 is 19.8 Å². The Labute approximate surface area is 155 Å². The van der Waals surface area contributed by atoms with E-state index in [0.29, 0.717) is 40.7 Å². The summed E-state index contributed by atoms with van der Waals surface area (Å²) in [5.41, 5.74) is 0.367. The normalized spacial score (nSPS) is 11.3. The lowest BCUT2D eigenvalue weighted by Crippen LogP contribution is -2.12. The third kappa shape index (κ3) is 3.84. The fourth-order valence-corrected chi connectivity index (χ4v) is 2.82. The van der Waals surface area contributed by atoms with Crippen LogP contribution in [-0.2, 0) is 4.74 Å². The number of benzene rings is 1. The zero-order valence-electron chi connectivity index (χ0n) is 14.9. The van der Waals surface area contributed by atoms with Crippen molar-refractivity contribution in [2.75, 3.05) is 25.6 Å². The molecule has 3 aromatic rings. The third-order valence-corrected chi connectivity index (χ3v) is 4.09. The van der Waals surface area contributed by atoms with Crippen LogP contribution in [-0.4, -0.2) is 41.1 Å². The second-order valence-electron chi connectivity index (χ2n) is 6.10. The van der Waals surface area contributed by atoms with Crippen LogP contribution in [0, 0.1) is 0 Å². The van der Waals surface area contributed by atoms with E-state index in [1.165, 1.54) is 6.07 Å². The highest BCUT2D eigenvalue weighted by Gasteiger charge is 2.12. The number of H-pyrrole nitrogens is 1. The molecule has 0 radical (unpaired) electrons. The highest BCUT2D eigenvalue weighted by atomic mass is 35.5. The first-order chi connectivity index (χ1) is 12.5. The van der Waals surface area contributed by atoms with Gasteiger partial charge in [-0.3, -0.25) is 4.79 Å². The largest absolute Gasteiger partial charge is 0.490 e. The number of fused-ring (bicyclic) bond motifs is 1. The van der Waals surface area contributed by atoms with Crippen molar-refractivity contribution >= 4 is 28.3 Å². The predicted octanol–water partition coefficient (Wildman–Crippen LogP) is 3.21. The molecule has 0 bridgehead atoms. The summed E-state index contributed by atoms with van der Waals surface area (Å²) in [6.07, 6.45) is 1.77. The average Bonchev–Trinajstić information content (AvgIpc) is 3.05. The van der Waals surface area contributed by atoms with Crippen LogP contribution < -0.4 is 15.5 Å². The molecular formula is C18H21ClN4O3. The molecule has 26 heavy (non-hydrogen) atoms. The Balaban J connectivity index is 2.01. The molecule has 0 aliphatic heterocycles. The van der Waals surface area contributed by atoms with Crippen LogP contribution in [0.5, 0.6) is 5.75 Å². The molecule has 0 saturated heterocycles. The standard InChI is InChI=1S/C18H21ClN4O3/c1-11(2)20-15-6-7-23(22-15)16-10-13(24)12-4-5-14(26-9-8-25-3)17(19)18(12)21-16/h4-7,10-11H,8-9H2,1-3H3,(H,20,22)(H,21,24). The fourth-order valence-electron chi connectivity index (χ4n) is 2.55. The molecule has 2 heterocycles. The van der Waals surface area contributed by atoms with Gasteiger partial charge in [0.15, 0.2) is 5.43 Å². The SMILES string of the molecule is COCCOc1ccc2c(=O)cc(-n3ccc(NC(C)C)n3)[nH]c2c1Cl. The molecule has 0 aliphatic rings. The quantitative estimate of drug-likeness (QED) is 0.619. The fraction of sp³-hybridized carbons (Fsp3) is 0.333. The first-order valence-corrected chi connectivity index (χ1v) is 8.67. The topological polar surface area (TPSA) is 81.2 Å². The lowest BCUT2D eigenvalue weighted by Gasteiger charge is -2.11. The maximum atomic E-state index is 12.5. The second kappa shape index (κ2) is 7.80. The Kier molecular flexibility index (Phi) is 5.49. The molecule has 0 fully saturated rings. The number of hydrogen-bond donors (Lipinski definition) is 2. The van der Waals surface area contributed by atoms with Gasteiger partial charge in [0.25, 0.3) is 0 Å². The minimum Gasteiger partial charge on any atom is -0.490 e. The van der Waals surface area contributed by atoms with Crippen LogP contribution in [0.15, 0.2) is 35.3 Å². The number of aromatic nitrogens is 3. The summed E-state index contributed by atoms with van der Waals surface area (Å²) in [6.45, 7) is 4.88.